The quantitative estimate of drug-likeness (QED) is 0.779. The summed E-state index contributed by atoms with van der Waals surface area (Å²) in [7, 11) is 1.70. The Morgan fingerprint density at radius 3 is 3.00 bits per heavy atom. The van der Waals surface area contributed by atoms with Crippen LogP contribution in [0.4, 0.5) is 0 Å². The SMILES string of the molecule is COc1ccccc1-c1cc2nc(C3CCNC(C)C3)[nH+]cc2[nH]1. The second-order valence-electron chi connectivity index (χ2n) is 6.54. The number of H-pyrrole nitrogens is 2. The third-order valence-electron chi connectivity index (χ3n) is 4.84. The number of para-hydroxylation sites is 1. The summed E-state index contributed by atoms with van der Waals surface area (Å²) in [6.07, 6.45) is 4.28. The van der Waals surface area contributed by atoms with Crippen molar-refractivity contribution in [2.45, 2.75) is 31.7 Å². The normalized spacial score (nSPS) is 21.1. The van der Waals surface area contributed by atoms with Gasteiger partial charge in [0.15, 0.2) is 0 Å². The van der Waals surface area contributed by atoms with Crippen LogP contribution in [0.2, 0.25) is 0 Å². The van der Waals surface area contributed by atoms with Gasteiger partial charge in [-0.05, 0) is 43.4 Å². The molecule has 124 valence electrons. The van der Waals surface area contributed by atoms with Crippen LogP contribution in [0.25, 0.3) is 22.3 Å². The Labute approximate surface area is 141 Å². The van der Waals surface area contributed by atoms with Crippen LogP contribution in [0.3, 0.4) is 0 Å². The molecule has 5 nitrogen and oxygen atoms in total. The van der Waals surface area contributed by atoms with Crippen molar-refractivity contribution in [1.29, 1.82) is 0 Å². The Morgan fingerprint density at radius 2 is 2.17 bits per heavy atom. The molecule has 1 aliphatic rings. The maximum Gasteiger partial charge on any atom is 0.300 e. The molecule has 1 aromatic carbocycles. The number of hydrogen-bond donors (Lipinski definition) is 2. The molecule has 0 saturated carbocycles. The van der Waals surface area contributed by atoms with Gasteiger partial charge in [0, 0.05) is 17.7 Å². The molecule has 0 radical (unpaired) electrons. The van der Waals surface area contributed by atoms with Crippen molar-refractivity contribution in [2.24, 2.45) is 0 Å². The van der Waals surface area contributed by atoms with Crippen LogP contribution < -0.4 is 15.0 Å². The summed E-state index contributed by atoms with van der Waals surface area (Å²) in [4.78, 5) is 11.7. The number of rotatable bonds is 3. The Hall–Kier alpha value is -2.40. The van der Waals surface area contributed by atoms with Crippen molar-refractivity contribution >= 4 is 11.0 Å². The molecule has 0 aliphatic carbocycles. The van der Waals surface area contributed by atoms with Gasteiger partial charge in [-0.2, -0.15) is 0 Å². The van der Waals surface area contributed by atoms with E-state index in [4.69, 9.17) is 9.72 Å². The molecule has 4 rings (SSSR count). The zero-order valence-electron chi connectivity index (χ0n) is 14.1. The topological polar surface area (TPSA) is 64.1 Å². The van der Waals surface area contributed by atoms with Crippen LogP contribution in [0.1, 0.15) is 31.5 Å². The van der Waals surface area contributed by atoms with Gasteiger partial charge in [0.25, 0.3) is 5.82 Å². The largest absolute Gasteiger partial charge is 0.496 e. The highest BCUT2D eigenvalue weighted by Crippen LogP contribution is 2.31. The molecule has 0 amide bonds. The molecular formula is C19H23N4O+. The summed E-state index contributed by atoms with van der Waals surface area (Å²) in [5.74, 6) is 2.44. The van der Waals surface area contributed by atoms with Crippen LogP contribution in [-0.4, -0.2) is 29.7 Å². The van der Waals surface area contributed by atoms with Crippen LogP contribution in [0.5, 0.6) is 5.75 Å². The minimum absolute atomic E-state index is 0.496. The zero-order chi connectivity index (χ0) is 16.5. The predicted octanol–water partition coefficient (Wildman–Crippen LogP) is 2.91. The van der Waals surface area contributed by atoms with E-state index in [2.05, 4.69) is 34.3 Å². The second-order valence-corrected chi connectivity index (χ2v) is 6.54. The minimum Gasteiger partial charge on any atom is -0.496 e. The number of benzene rings is 1. The summed E-state index contributed by atoms with van der Waals surface area (Å²) in [6.45, 7) is 3.29. The van der Waals surface area contributed by atoms with Gasteiger partial charge >= 0.3 is 0 Å². The number of hydrogen-bond acceptors (Lipinski definition) is 3. The average molecular weight is 323 g/mol. The molecule has 3 aromatic rings. The van der Waals surface area contributed by atoms with Crippen molar-refractivity contribution < 1.29 is 9.72 Å². The fourth-order valence-corrected chi connectivity index (χ4v) is 3.57. The number of aromatic amines is 2. The first-order valence-corrected chi connectivity index (χ1v) is 8.52. The summed E-state index contributed by atoms with van der Waals surface area (Å²) < 4.78 is 5.47. The van der Waals surface area contributed by atoms with Crippen molar-refractivity contribution in [3.05, 3.63) is 42.4 Å². The van der Waals surface area contributed by atoms with Gasteiger partial charge in [0.05, 0.1) is 18.7 Å². The molecule has 2 aromatic heterocycles. The van der Waals surface area contributed by atoms with Crippen LogP contribution in [-0.2, 0) is 0 Å². The zero-order valence-corrected chi connectivity index (χ0v) is 14.1. The molecular weight excluding hydrogens is 300 g/mol. The number of aromatic nitrogens is 3. The lowest BCUT2D eigenvalue weighted by Gasteiger charge is -2.24. The van der Waals surface area contributed by atoms with Crippen molar-refractivity contribution in [1.82, 2.24) is 15.3 Å². The maximum atomic E-state index is 5.47. The van der Waals surface area contributed by atoms with Gasteiger partial charge in [-0.15, -0.1) is 0 Å². The summed E-state index contributed by atoms with van der Waals surface area (Å²) in [5.41, 5.74) is 4.09. The molecule has 2 unspecified atom stereocenters. The number of methoxy groups -OCH3 is 1. The first-order chi connectivity index (χ1) is 11.7. The fraction of sp³-hybridized carbons (Fsp3) is 0.368. The van der Waals surface area contributed by atoms with Gasteiger partial charge in [-0.1, -0.05) is 12.1 Å². The standard InChI is InChI=1S/C19H22N4O/c1-12-9-13(7-8-20-12)19-21-11-17-16(23-19)10-15(22-17)14-5-3-4-6-18(14)24-2/h3-6,10-13,20,22H,7-9H2,1-2H3/p+1. The molecule has 3 N–H and O–H groups in total. The average Bonchev–Trinajstić information content (AvgIpc) is 3.04. The predicted molar refractivity (Wildman–Crippen MR) is 94.1 cm³/mol. The summed E-state index contributed by atoms with van der Waals surface area (Å²) >= 11 is 0. The van der Waals surface area contributed by atoms with Gasteiger partial charge in [-0.25, -0.2) is 4.98 Å². The van der Waals surface area contributed by atoms with E-state index in [1.807, 2.05) is 24.4 Å². The van der Waals surface area contributed by atoms with E-state index in [-0.39, 0.29) is 0 Å². The lowest BCUT2D eigenvalue weighted by Crippen LogP contribution is -2.36. The molecule has 3 heterocycles. The molecule has 0 spiro atoms. The molecule has 2 atom stereocenters. The van der Waals surface area contributed by atoms with Crippen LogP contribution in [0.15, 0.2) is 36.5 Å². The third kappa shape index (κ3) is 2.76. The Kier molecular flexibility index (Phi) is 3.94. The van der Waals surface area contributed by atoms with E-state index in [1.54, 1.807) is 7.11 Å². The second kappa shape index (κ2) is 6.24. The Balaban J connectivity index is 1.71. The lowest BCUT2D eigenvalue weighted by atomic mass is 9.92. The van der Waals surface area contributed by atoms with E-state index in [1.165, 1.54) is 0 Å². The lowest BCUT2D eigenvalue weighted by molar-refractivity contribution is -0.397. The van der Waals surface area contributed by atoms with Crippen molar-refractivity contribution in [3.63, 3.8) is 0 Å². The Morgan fingerprint density at radius 1 is 1.29 bits per heavy atom. The maximum absolute atomic E-state index is 5.47. The summed E-state index contributed by atoms with van der Waals surface area (Å²) in [6, 6.07) is 10.7. The number of ether oxygens (including phenoxy) is 1. The molecule has 1 fully saturated rings. The molecule has 1 aliphatic heterocycles. The minimum atomic E-state index is 0.496. The number of nitrogens with zero attached hydrogens (tertiary/aromatic N) is 1. The van der Waals surface area contributed by atoms with E-state index in [0.717, 1.165) is 53.3 Å². The number of piperidine rings is 1. The van der Waals surface area contributed by atoms with Gasteiger partial charge in [-0.3, -0.25) is 0 Å². The highest BCUT2D eigenvalue weighted by atomic mass is 16.5. The monoisotopic (exact) mass is 323 g/mol. The highest BCUT2D eigenvalue weighted by molar-refractivity contribution is 5.83. The first-order valence-electron chi connectivity index (χ1n) is 8.52. The van der Waals surface area contributed by atoms with Crippen LogP contribution >= 0.6 is 0 Å². The van der Waals surface area contributed by atoms with Crippen molar-refractivity contribution in [2.75, 3.05) is 13.7 Å². The van der Waals surface area contributed by atoms with E-state index in [9.17, 15) is 0 Å². The molecule has 0 bridgehead atoms. The van der Waals surface area contributed by atoms with E-state index >= 15 is 0 Å². The van der Waals surface area contributed by atoms with Gasteiger partial charge < -0.3 is 15.0 Å². The van der Waals surface area contributed by atoms with Gasteiger partial charge in [0.1, 0.15) is 17.5 Å². The Bertz CT molecular complexity index is 857. The van der Waals surface area contributed by atoms with Crippen LogP contribution in [0, 0.1) is 0 Å². The fourth-order valence-electron chi connectivity index (χ4n) is 3.57. The van der Waals surface area contributed by atoms with E-state index < -0.39 is 0 Å². The highest BCUT2D eigenvalue weighted by Gasteiger charge is 2.27. The molecule has 1 saturated heterocycles. The van der Waals surface area contributed by atoms with E-state index in [0.29, 0.717) is 12.0 Å². The molecule has 24 heavy (non-hydrogen) atoms. The van der Waals surface area contributed by atoms with Gasteiger partial charge in [0.2, 0.25) is 5.52 Å². The summed E-state index contributed by atoms with van der Waals surface area (Å²) in [5, 5.41) is 3.50. The van der Waals surface area contributed by atoms with Crippen molar-refractivity contribution in [3.8, 4) is 17.0 Å². The number of nitrogens with one attached hydrogen (secondary N) is 3. The first kappa shape index (κ1) is 15.1. The third-order valence-corrected chi connectivity index (χ3v) is 4.84. The number of fused-ring (bicyclic) bond motifs is 1. The molecule has 5 heteroatoms. The smallest absolute Gasteiger partial charge is 0.300 e.